The van der Waals surface area contributed by atoms with Crippen molar-refractivity contribution in [2.45, 2.75) is 39.4 Å². The highest BCUT2D eigenvalue weighted by Gasteiger charge is 2.24. The van der Waals surface area contributed by atoms with E-state index in [4.69, 9.17) is 0 Å². The van der Waals surface area contributed by atoms with Gasteiger partial charge in [0.15, 0.2) is 0 Å². The van der Waals surface area contributed by atoms with Crippen LogP contribution in [0, 0.1) is 13.8 Å². The smallest absolute Gasteiger partial charge is 0.271 e. The number of amides is 1. The number of rotatable bonds is 4. The van der Waals surface area contributed by atoms with Crippen molar-refractivity contribution < 1.29 is 4.79 Å². The molecule has 3 rings (SSSR count). The number of nitrogens with one attached hydrogen (secondary N) is 1. The van der Waals surface area contributed by atoms with Crippen LogP contribution in [0.4, 0.5) is 0 Å². The van der Waals surface area contributed by atoms with Gasteiger partial charge in [-0.2, -0.15) is 10.2 Å². The summed E-state index contributed by atoms with van der Waals surface area (Å²) in [7, 11) is 0. The second-order valence-electron chi connectivity index (χ2n) is 5.06. The summed E-state index contributed by atoms with van der Waals surface area (Å²) in [4.78, 5) is 11.8. The molecule has 0 atom stereocenters. The summed E-state index contributed by atoms with van der Waals surface area (Å²) >= 11 is 0. The summed E-state index contributed by atoms with van der Waals surface area (Å²) in [6, 6.07) is 4.11. The molecule has 19 heavy (non-hydrogen) atoms. The molecular formula is C13H17N5O. The van der Waals surface area contributed by atoms with E-state index in [0.717, 1.165) is 24.2 Å². The van der Waals surface area contributed by atoms with Crippen LogP contribution >= 0.6 is 0 Å². The van der Waals surface area contributed by atoms with E-state index in [1.54, 1.807) is 16.9 Å². The van der Waals surface area contributed by atoms with Crippen LogP contribution in [0.1, 0.15) is 34.7 Å². The van der Waals surface area contributed by atoms with Crippen LogP contribution in [-0.4, -0.2) is 31.5 Å². The topological polar surface area (TPSA) is 64.7 Å². The predicted octanol–water partition coefficient (Wildman–Crippen LogP) is 1.09. The first-order chi connectivity index (χ1) is 9.11. The average molecular weight is 259 g/mol. The number of aryl methyl sites for hydroxylation is 2. The van der Waals surface area contributed by atoms with Crippen molar-refractivity contribution in [3.63, 3.8) is 0 Å². The zero-order valence-corrected chi connectivity index (χ0v) is 11.1. The standard InChI is InChI=1S/C13H17N5O/c1-9-7-10(2)18(15-9)8-17-6-5-12(16-17)13(19)14-11-3-4-11/h5-7,11H,3-4,8H2,1-2H3,(H,14,19). The second kappa shape index (κ2) is 4.53. The Bertz CT molecular complexity index is 608. The number of carbonyl (C=O) groups excluding carboxylic acids is 1. The Morgan fingerprint density at radius 2 is 2.21 bits per heavy atom. The Morgan fingerprint density at radius 3 is 2.84 bits per heavy atom. The molecule has 1 fully saturated rings. The Kier molecular flexibility index (Phi) is 2.85. The molecule has 0 radical (unpaired) electrons. The highest BCUT2D eigenvalue weighted by Crippen LogP contribution is 2.19. The average Bonchev–Trinajstić information content (AvgIpc) is 2.94. The summed E-state index contributed by atoms with van der Waals surface area (Å²) in [6.07, 6.45) is 3.97. The molecule has 6 nitrogen and oxygen atoms in total. The van der Waals surface area contributed by atoms with Gasteiger partial charge in [0, 0.05) is 17.9 Å². The zero-order valence-electron chi connectivity index (χ0n) is 11.1. The maximum absolute atomic E-state index is 11.8. The third-order valence-electron chi connectivity index (χ3n) is 3.17. The first-order valence-electron chi connectivity index (χ1n) is 6.47. The largest absolute Gasteiger partial charge is 0.348 e. The molecule has 0 saturated heterocycles. The molecule has 1 saturated carbocycles. The molecule has 2 aromatic heterocycles. The zero-order chi connectivity index (χ0) is 13.4. The van der Waals surface area contributed by atoms with Gasteiger partial charge >= 0.3 is 0 Å². The molecule has 0 aliphatic heterocycles. The maximum atomic E-state index is 11.8. The first kappa shape index (κ1) is 12.0. The van der Waals surface area contributed by atoms with Gasteiger partial charge in [-0.05, 0) is 38.8 Å². The van der Waals surface area contributed by atoms with E-state index in [0.29, 0.717) is 18.4 Å². The van der Waals surface area contributed by atoms with Crippen LogP contribution in [0.3, 0.4) is 0 Å². The number of hydrogen-bond donors (Lipinski definition) is 1. The minimum atomic E-state index is -0.0883. The second-order valence-corrected chi connectivity index (χ2v) is 5.06. The van der Waals surface area contributed by atoms with Crippen LogP contribution in [0.25, 0.3) is 0 Å². The quantitative estimate of drug-likeness (QED) is 0.894. The minimum absolute atomic E-state index is 0.0883. The Hall–Kier alpha value is -2.11. The summed E-state index contributed by atoms with van der Waals surface area (Å²) in [5.41, 5.74) is 2.53. The Balaban J connectivity index is 1.70. The lowest BCUT2D eigenvalue weighted by Gasteiger charge is -2.04. The van der Waals surface area contributed by atoms with Crippen LogP contribution in [0.2, 0.25) is 0 Å². The predicted molar refractivity (Wildman–Crippen MR) is 69.8 cm³/mol. The molecular weight excluding hydrogens is 242 g/mol. The van der Waals surface area contributed by atoms with Crippen molar-refractivity contribution in [2.75, 3.05) is 0 Å². The summed E-state index contributed by atoms with van der Waals surface area (Å²) in [6.45, 7) is 4.49. The first-order valence-corrected chi connectivity index (χ1v) is 6.47. The molecule has 1 aliphatic carbocycles. The van der Waals surface area contributed by atoms with Gasteiger partial charge in [0.1, 0.15) is 12.4 Å². The summed E-state index contributed by atoms with van der Waals surface area (Å²) < 4.78 is 3.59. The molecule has 2 heterocycles. The lowest BCUT2D eigenvalue weighted by Crippen LogP contribution is -2.26. The van der Waals surface area contributed by atoms with Crippen LogP contribution in [0.15, 0.2) is 18.3 Å². The van der Waals surface area contributed by atoms with Crippen molar-refractivity contribution in [3.8, 4) is 0 Å². The molecule has 0 spiro atoms. The van der Waals surface area contributed by atoms with Gasteiger partial charge in [-0.1, -0.05) is 0 Å². The van der Waals surface area contributed by atoms with E-state index in [1.165, 1.54) is 0 Å². The molecule has 1 amide bonds. The van der Waals surface area contributed by atoms with E-state index >= 15 is 0 Å². The maximum Gasteiger partial charge on any atom is 0.271 e. The van der Waals surface area contributed by atoms with Crippen molar-refractivity contribution in [3.05, 3.63) is 35.4 Å². The minimum Gasteiger partial charge on any atom is -0.348 e. The molecule has 1 N–H and O–H groups in total. The third kappa shape index (κ3) is 2.67. The van der Waals surface area contributed by atoms with Gasteiger partial charge in [0.2, 0.25) is 0 Å². The highest BCUT2D eigenvalue weighted by molar-refractivity contribution is 5.92. The van der Waals surface area contributed by atoms with Crippen molar-refractivity contribution in [1.29, 1.82) is 0 Å². The molecule has 1 aliphatic rings. The lowest BCUT2D eigenvalue weighted by atomic mass is 10.4. The van der Waals surface area contributed by atoms with Gasteiger partial charge in [-0.25, -0.2) is 4.68 Å². The molecule has 6 heteroatoms. The number of hydrogen-bond acceptors (Lipinski definition) is 3. The van der Waals surface area contributed by atoms with Gasteiger partial charge in [-0.3, -0.25) is 9.48 Å². The van der Waals surface area contributed by atoms with Gasteiger partial charge < -0.3 is 5.32 Å². The summed E-state index contributed by atoms with van der Waals surface area (Å²) in [5, 5.41) is 11.6. The van der Waals surface area contributed by atoms with E-state index in [2.05, 4.69) is 15.5 Å². The number of aromatic nitrogens is 4. The van der Waals surface area contributed by atoms with E-state index in [9.17, 15) is 4.79 Å². The third-order valence-corrected chi connectivity index (χ3v) is 3.17. The van der Waals surface area contributed by atoms with Crippen molar-refractivity contribution in [2.24, 2.45) is 0 Å². The van der Waals surface area contributed by atoms with E-state index < -0.39 is 0 Å². The molecule has 2 aromatic rings. The SMILES string of the molecule is Cc1cc(C)n(Cn2ccc(C(=O)NC3CC3)n2)n1. The van der Waals surface area contributed by atoms with Crippen molar-refractivity contribution >= 4 is 5.91 Å². The number of carbonyl (C=O) groups is 1. The van der Waals surface area contributed by atoms with Gasteiger partial charge in [0.25, 0.3) is 5.91 Å². The summed E-state index contributed by atoms with van der Waals surface area (Å²) in [5.74, 6) is -0.0883. The van der Waals surface area contributed by atoms with Crippen LogP contribution in [0.5, 0.6) is 0 Å². The van der Waals surface area contributed by atoms with E-state index in [1.807, 2.05) is 24.6 Å². The molecule has 0 bridgehead atoms. The molecule has 100 valence electrons. The van der Waals surface area contributed by atoms with Crippen LogP contribution in [-0.2, 0) is 6.67 Å². The Labute approximate surface area is 111 Å². The molecule has 0 unspecified atom stereocenters. The fraction of sp³-hybridized carbons (Fsp3) is 0.462. The van der Waals surface area contributed by atoms with Crippen LogP contribution < -0.4 is 5.32 Å². The fourth-order valence-electron chi connectivity index (χ4n) is 2.00. The van der Waals surface area contributed by atoms with Crippen molar-refractivity contribution in [1.82, 2.24) is 24.9 Å². The van der Waals surface area contributed by atoms with Gasteiger partial charge in [-0.15, -0.1) is 0 Å². The Morgan fingerprint density at radius 1 is 1.42 bits per heavy atom. The monoisotopic (exact) mass is 259 g/mol. The normalized spacial score (nSPS) is 14.6. The molecule has 0 aromatic carbocycles. The number of nitrogens with zero attached hydrogens (tertiary/aromatic N) is 4. The lowest BCUT2D eigenvalue weighted by molar-refractivity contribution is 0.0945. The fourth-order valence-corrected chi connectivity index (χ4v) is 2.00. The highest BCUT2D eigenvalue weighted by atomic mass is 16.2. The van der Waals surface area contributed by atoms with Gasteiger partial charge in [0.05, 0.1) is 5.69 Å². The van der Waals surface area contributed by atoms with E-state index in [-0.39, 0.29) is 5.91 Å².